The summed E-state index contributed by atoms with van der Waals surface area (Å²) >= 11 is 0. The molecule has 0 aliphatic carbocycles. The van der Waals surface area contributed by atoms with Gasteiger partial charge >= 0.3 is 6.03 Å². The highest BCUT2D eigenvalue weighted by molar-refractivity contribution is 6.24. The van der Waals surface area contributed by atoms with Gasteiger partial charge in [0.05, 0.1) is 5.69 Å². The van der Waals surface area contributed by atoms with Crippen LogP contribution in [0.4, 0.5) is 10.5 Å². The Balaban J connectivity index is 1.43. The topological polar surface area (TPSA) is 56.4 Å². The normalized spacial score (nSPS) is 19.5. The van der Waals surface area contributed by atoms with Crippen molar-refractivity contribution in [1.82, 2.24) is 9.88 Å². The lowest BCUT2D eigenvalue weighted by molar-refractivity contribution is -0.120. The highest BCUT2D eigenvalue weighted by Crippen LogP contribution is 2.45. The minimum atomic E-state index is -0.556. The lowest BCUT2D eigenvalue weighted by Gasteiger charge is -2.36. The first-order valence-electron chi connectivity index (χ1n) is 11.9. The van der Waals surface area contributed by atoms with Crippen LogP contribution < -0.4 is 4.90 Å². The van der Waals surface area contributed by atoms with Gasteiger partial charge in [-0.05, 0) is 35.6 Å². The second kappa shape index (κ2) is 7.31. The van der Waals surface area contributed by atoms with Crippen LogP contribution in [0.25, 0.3) is 21.7 Å². The van der Waals surface area contributed by atoms with Crippen molar-refractivity contribution in [2.24, 2.45) is 0 Å². The second-order valence-electron chi connectivity index (χ2n) is 9.46. The number of aromatic nitrogens is 1. The van der Waals surface area contributed by atoms with E-state index < -0.39 is 6.04 Å². The molecule has 1 N–H and O–H groups in total. The van der Waals surface area contributed by atoms with Crippen molar-refractivity contribution in [3.05, 3.63) is 113 Å². The van der Waals surface area contributed by atoms with Crippen molar-refractivity contribution < 1.29 is 9.59 Å². The lowest BCUT2D eigenvalue weighted by Crippen LogP contribution is -2.44. The first kappa shape index (κ1) is 20.0. The van der Waals surface area contributed by atoms with E-state index in [0.29, 0.717) is 12.1 Å². The summed E-state index contributed by atoms with van der Waals surface area (Å²) < 4.78 is 0. The van der Waals surface area contributed by atoms with Crippen LogP contribution in [0.15, 0.2) is 91.0 Å². The summed E-state index contributed by atoms with van der Waals surface area (Å²) in [5.41, 5.74) is 5.93. The summed E-state index contributed by atoms with van der Waals surface area (Å²) in [6.07, 6.45) is 0.494. The number of hydrogen-bond donors (Lipinski definition) is 1. The molecule has 2 aliphatic heterocycles. The Labute approximate surface area is 202 Å². The molecule has 0 bridgehead atoms. The number of H-pyrrole nitrogens is 1. The van der Waals surface area contributed by atoms with E-state index in [0.717, 1.165) is 44.1 Å². The van der Waals surface area contributed by atoms with Crippen LogP contribution in [0.2, 0.25) is 0 Å². The van der Waals surface area contributed by atoms with Crippen LogP contribution in [-0.2, 0) is 11.2 Å². The predicted octanol–water partition coefficient (Wildman–Crippen LogP) is 6.11. The van der Waals surface area contributed by atoms with E-state index in [1.165, 1.54) is 4.90 Å². The van der Waals surface area contributed by atoms with Gasteiger partial charge < -0.3 is 4.98 Å². The number of benzene rings is 4. The molecule has 0 spiro atoms. The zero-order valence-electron chi connectivity index (χ0n) is 19.2. The van der Waals surface area contributed by atoms with Crippen LogP contribution in [0.3, 0.4) is 0 Å². The van der Waals surface area contributed by atoms with Gasteiger partial charge in [-0.15, -0.1) is 0 Å². The Morgan fingerprint density at radius 1 is 0.800 bits per heavy atom. The monoisotopic (exact) mass is 457 g/mol. The quantitative estimate of drug-likeness (QED) is 0.325. The van der Waals surface area contributed by atoms with Crippen molar-refractivity contribution in [2.75, 3.05) is 4.90 Å². The zero-order chi connectivity index (χ0) is 23.7. The standard InChI is InChI=1S/C30H23N3O2/c1-18-13-15-20(16-14-18)28-27-23(22-10-4-5-11-24(22)31-27)17-26-29(34)33(30(35)32(26)28)25-12-6-8-19-7-2-3-9-21(19)25/h2-16,26,28,31H,17H2,1H3/t26-,28?/m0/s1. The molecule has 4 aromatic carbocycles. The van der Waals surface area contributed by atoms with E-state index >= 15 is 0 Å². The average Bonchev–Trinajstić information content (AvgIpc) is 3.38. The molecule has 5 heteroatoms. The molecule has 1 unspecified atom stereocenters. The molecule has 0 radical (unpaired) electrons. The van der Waals surface area contributed by atoms with Crippen molar-refractivity contribution in [3.63, 3.8) is 0 Å². The third kappa shape index (κ3) is 2.81. The molecule has 35 heavy (non-hydrogen) atoms. The molecular weight excluding hydrogens is 434 g/mol. The lowest BCUT2D eigenvalue weighted by atomic mass is 9.88. The number of para-hydroxylation sites is 1. The molecular formula is C30H23N3O2. The molecule has 2 atom stereocenters. The van der Waals surface area contributed by atoms with Crippen molar-refractivity contribution in [2.45, 2.75) is 25.4 Å². The molecule has 0 saturated carbocycles. The van der Waals surface area contributed by atoms with Crippen molar-refractivity contribution in [3.8, 4) is 0 Å². The van der Waals surface area contributed by atoms with Gasteiger partial charge in [0.25, 0.3) is 5.91 Å². The molecule has 5 aromatic rings. The zero-order valence-corrected chi connectivity index (χ0v) is 19.2. The smallest absolute Gasteiger partial charge is 0.332 e. The summed E-state index contributed by atoms with van der Waals surface area (Å²) in [4.78, 5) is 34.8. The number of imide groups is 1. The summed E-state index contributed by atoms with van der Waals surface area (Å²) in [6.45, 7) is 2.05. The number of aromatic amines is 1. The number of aryl methyl sites for hydroxylation is 1. The van der Waals surface area contributed by atoms with Gasteiger partial charge in [-0.3, -0.25) is 9.69 Å². The van der Waals surface area contributed by atoms with E-state index in [9.17, 15) is 9.59 Å². The molecule has 5 nitrogen and oxygen atoms in total. The number of hydrogen-bond acceptors (Lipinski definition) is 2. The Kier molecular flexibility index (Phi) is 4.18. The fourth-order valence-corrected chi connectivity index (χ4v) is 5.79. The fourth-order valence-electron chi connectivity index (χ4n) is 5.79. The maximum absolute atomic E-state index is 14.1. The van der Waals surface area contributed by atoms with Crippen LogP contribution in [0, 0.1) is 6.92 Å². The van der Waals surface area contributed by atoms with E-state index in [1.54, 1.807) is 4.90 Å². The average molecular weight is 458 g/mol. The number of carbonyl (C=O) groups is 2. The minimum absolute atomic E-state index is 0.167. The minimum Gasteiger partial charge on any atom is -0.356 e. The third-order valence-electron chi connectivity index (χ3n) is 7.45. The van der Waals surface area contributed by atoms with Gasteiger partial charge in [-0.25, -0.2) is 9.69 Å². The number of rotatable bonds is 2. The predicted molar refractivity (Wildman–Crippen MR) is 137 cm³/mol. The molecule has 2 aliphatic rings. The number of fused-ring (bicyclic) bond motifs is 5. The fraction of sp³-hybridized carbons (Fsp3) is 0.133. The van der Waals surface area contributed by atoms with Gasteiger partial charge in [0.1, 0.15) is 12.1 Å². The summed E-state index contributed by atoms with van der Waals surface area (Å²) in [6, 6.07) is 28.9. The van der Waals surface area contributed by atoms with E-state index in [-0.39, 0.29) is 18.0 Å². The van der Waals surface area contributed by atoms with Crippen LogP contribution >= 0.6 is 0 Å². The maximum Gasteiger partial charge on any atom is 0.332 e. The first-order valence-corrected chi connectivity index (χ1v) is 11.9. The van der Waals surface area contributed by atoms with E-state index in [2.05, 4.69) is 48.3 Å². The molecule has 1 aromatic heterocycles. The van der Waals surface area contributed by atoms with E-state index in [4.69, 9.17) is 0 Å². The van der Waals surface area contributed by atoms with Crippen LogP contribution in [-0.4, -0.2) is 27.9 Å². The number of nitrogens with zero attached hydrogens (tertiary/aromatic N) is 2. The highest BCUT2D eigenvalue weighted by Gasteiger charge is 2.53. The maximum atomic E-state index is 14.1. The van der Waals surface area contributed by atoms with Gasteiger partial charge in [0.2, 0.25) is 0 Å². The van der Waals surface area contributed by atoms with Gasteiger partial charge in [0, 0.05) is 28.4 Å². The Morgan fingerprint density at radius 3 is 2.34 bits per heavy atom. The molecule has 3 heterocycles. The molecule has 3 amide bonds. The van der Waals surface area contributed by atoms with Crippen molar-refractivity contribution in [1.29, 1.82) is 0 Å². The summed E-state index contributed by atoms with van der Waals surface area (Å²) in [5.74, 6) is -0.167. The Hall–Kier alpha value is -4.38. The van der Waals surface area contributed by atoms with Gasteiger partial charge in [0.15, 0.2) is 0 Å². The number of amides is 3. The highest BCUT2D eigenvalue weighted by atomic mass is 16.2. The molecule has 1 fully saturated rings. The number of urea groups is 1. The molecule has 7 rings (SSSR count). The second-order valence-corrected chi connectivity index (χ2v) is 9.46. The first-order chi connectivity index (χ1) is 17.1. The Bertz CT molecular complexity index is 1640. The van der Waals surface area contributed by atoms with Gasteiger partial charge in [-0.2, -0.15) is 0 Å². The molecule has 1 saturated heterocycles. The van der Waals surface area contributed by atoms with Crippen molar-refractivity contribution >= 4 is 39.3 Å². The summed E-state index contributed by atoms with van der Waals surface area (Å²) in [5, 5.41) is 3.01. The van der Waals surface area contributed by atoms with Gasteiger partial charge in [-0.1, -0.05) is 84.4 Å². The summed E-state index contributed by atoms with van der Waals surface area (Å²) in [7, 11) is 0. The van der Waals surface area contributed by atoms with E-state index in [1.807, 2.05) is 54.6 Å². The number of carbonyl (C=O) groups excluding carboxylic acids is 2. The SMILES string of the molecule is Cc1ccc(C2c3[nH]c4ccccc4c3C[C@H]3C(=O)N(c4cccc5ccccc45)C(=O)N23)cc1. The van der Waals surface area contributed by atoms with Crippen LogP contribution in [0.5, 0.6) is 0 Å². The number of anilines is 1. The molecule has 170 valence electrons. The Morgan fingerprint density at radius 2 is 1.51 bits per heavy atom. The van der Waals surface area contributed by atoms with Crippen LogP contribution in [0.1, 0.15) is 28.4 Å². The number of nitrogens with one attached hydrogen (secondary N) is 1. The third-order valence-corrected chi connectivity index (χ3v) is 7.45. The largest absolute Gasteiger partial charge is 0.356 e.